The maximum absolute atomic E-state index is 12.1. The molecule has 0 bridgehead atoms. The summed E-state index contributed by atoms with van der Waals surface area (Å²) in [6, 6.07) is 0. The topological polar surface area (TPSA) is 52.0 Å². The Labute approximate surface area is 94.3 Å². The van der Waals surface area contributed by atoms with Crippen molar-refractivity contribution < 1.29 is 4.79 Å². The van der Waals surface area contributed by atoms with Crippen LogP contribution in [0.5, 0.6) is 0 Å². The van der Waals surface area contributed by atoms with Crippen LogP contribution in [-0.4, -0.2) is 15.3 Å². The molecule has 0 N–H and O–H groups in total. The van der Waals surface area contributed by atoms with E-state index in [2.05, 4.69) is 4.98 Å². The average Bonchev–Trinajstić information content (AvgIpc) is 2.26. The number of hydrogen-bond acceptors (Lipinski definition) is 3. The maximum atomic E-state index is 12.1. The smallest absolute Gasteiger partial charge is 0.257 e. The van der Waals surface area contributed by atoms with E-state index in [-0.39, 0.29) is 11.3 Å². The second kappa shape index (κ2) is 4.20. The summed E-state index contributed by atoms with van der Waals surface area (Å²) in [6.07, 6.45) is 2.93. The summed E-state index contributed by atoms with van der Waals surface area (Å²) in [6.45, 7) is 4.48. The van der Waals surface area contributed by atoms with E-state index in [4.69, 9.17) is 0 Å². The predicted molar refractivity (Wildman–Crippen MR) is 60.8 cm³/mol. The van der Waals surface area contributed by atoms with Crippen molar-refractivity contribution in [1.29, 1.82) is 0 Å². The number of aryl methyl sites for hydroxylation is 1. The zero-order valence-electron chi connectivity index (χ0n) is 9.75. The molecule has 0 saturated carbocycles. The average molecular weight is 220 g/mol. The van der Waals surface area contributed by atoms with E-state index in [9.17, 15) is 9.59 Å². The molecule has 0 unspecified atom stereocenters. The highest BCUT2D eigenvalue weighted by atomic mass is 16.1. The molecule has 0 radical (unpaired) electrons. The van der Waals surface area contributed by atoms with Crippen LogP contribution in [0.25, 0.3) is 0 Å². The number of aromatic nitrogens is 2. The Hall–Kier alpha value is -1.45. The summed E-state index contributed by atoms with van der Waals surface area (Å²) in [5.74, 6) is 0.350. The van der Waals surface area contributed by atoms with E-state index >= 15 is 0 Å². The van der Waals surface area contributed by atoms with Crippen LogP contribution in [-0.2, 0) is 13.0 Å². The summed E-state index contributed by atoms with van der Waals surface area (Å²) in [7, 11) is 0. The van der Waals surface area contributed by atoms with Gasteiger partial charge < -0.3 is 0 Å². The molecule has 1 aliphatic heterocycles. The molecule has 1 aromatic rings. The highest BCUT2D eigenvalue weighted by molar-refractivity contribution is 5.93. The fraction of sp³-hybridized carbons (Fsp3) is 0.583. The van der Waals surface area contributed by atoms with Gasteiger partial charge in [-0.3, -0.25) is 14.2 Å². The van der Waals surface area contributed by atoms with Gasteiger partial charge in [0.05, 0.1) is 0 Å². The van der Waals surface area contributed by atoms with Crippen molar-refractivity contribution in [2.45, 2.75) is 46.1 Å². The molecular weight excluding hydrogens is 204 g/mol. The normalized spacial score (nSPS) is 15.0. The van der Waals surface area contributed by atoms with E-state index in [1.165, 1.54) is 0 Å². The van der Waals surface area contributed by atoms with Gasteiger partial charge in [-0.1, -0.05) is 13.3 Å². The van der Waals surface area contributed by atoms with E-state index in [0.717, 1.165) is 24.8 Å². The van der Waals surface area contributed by atoms with Gasteiger partial charge in [0.1, 0.15) is 0 Å². The minimum atomic E-state index is -0.0163. The third kappa shape index (κ3) is 1.68. The highest BCUT2D eigenvalue weighted by Crippen LogP contribution is 2.13. The molecule has 0 atom stereocenters. The van der Waals surface area contributed by atoms with Crippen LogP contribution in [0.1, 0.15) is 48.1 Å². The molecule has 86 valence electrons. The number of rotatable bonds is 2. The number of ketones is 1. The molecule has 1 aliphatic rings. The molecule has 2 rings (SSSR count). The summed E-state index contributed by atoms with van der Waals surface area (Å²) >= 11 is 0. The summed E-state index contributed by atoms with van der Waals surface area (Å²) in [5.41, 5.74) is 1.46. The number of nitrogens with zero attached hydrogens (tertiary/aromatic N) is 2. The SMILES string of the molecule is CCCc1c(C)nc2n(c1=O)CCCC2=O. The molecule has 4 heteroatoms. The molecule has 16 heavy (non-hydrogen) atoms. The Balaban J connectivity index is 2.62. The molecule has 0 amide bonds. The third-order valence-corrected chi connectivity index (χ3v) is 3.00. The van der Waals surface area contributed by atoms with Crippen LogP contribution in [0, 0.1) is 6.92 Å². The number of fused-ring (bicyclic) bond motifs is 1. The summed E-state index contributed by atoms with van der Waals surface area (Å²) < 4.78 is 1.55. The van der Waals surface area contributed by atoms with Crippen molar-refractivity contribution in [2.75, 3.05) is 0 Å². The first-order chi connectivity index (χ1) is 7.65. The van der Waals surface area contributed by atoms with Crippen molar-refractivity contribution in [1.82, 2.24) is 9.55 Å². The molecule has 0 fully saturated rings. The fourth-order valence-corrected chi connectivity index (χ4v) is 2.17. The van der Waals surface area contributed by atoms with Crippen molar-refractivity contribution in [3.63, 3.8) is 0 Å². The van der Waals surface area contributed by atoms with Gasteiger partial charge in [-0.2, -0.15) is 0 Å². The lowest BCUT2D eigenvalue weighted by Crippen LogP contribution is -2.34. The minimum Gasteiger partial charge on any atom is -0.291 e. The lowest BCUT2D eigenvalue weighted by molar-refractivity contribution is 0.0945. The van der Waals surface area contributed by atoms with Crippen LogP contribution in [0.2, 0.25) is 0 Å². The van der Waals surface area contributed by atoms with Crippen LogP contribution in [0.3, 0.4) is 0 Å². The van der Waals surface area contributed by atoms with E-state index < -0.39 is 0 Å². The third-order valence-electron chi connectivity index (χ3n) is 3.00. The maximum Gasteiger partial charge on any atom is 0.257 e. The minimum absolute atomic E-state index is 0.00509. The first-order valence-electron chi connectivity index (χ1n) is 5.78. The van der Waals surface area contributed by atoms with Gasteiger partial charge in [0.2, 0.25) is 0 Å². The second-order valence-electron chi connectivity index (χ2n) is 4.23. The van der Waals surface area contributed by atoms with E-state index in [0.29, 0.717) is 24.5 Å². The zero-order valence-corrected chi connectivity index (χ0v) is 9.75. The quantitative estimate of drug-likeness (QED) is 0.758. The standard InChI is InChI=1S/C12H16N2O2/c1-3-5-9-8(2)13-11-10(15)6-4-7-14(11)12(9)16/h3-7H2,1-2H3. The Morgan fingerprint density at radius 1 is 1.38 bits per heavy atom. The van der Waals surface area contributed by atoms with Gasteiger partial charge >= 0.3 is 0 Å². The number of carbonyl (C=O) groups is 1. The summed E-state index contributed by atoms with van der Waals surface area (Å²) in [4.78, 5) is 28.1. The van der Waals surface area contributed by atoms with Gasteiger partial charge in [-0.25, -0.2) is 4.98 Å². The predicted octanol–water partition coefficient (Wildman–Crippen LogP) is 1.48. The highest BCUT2D eigenvalue weighted by Gasteiger charge is 2.22. The van der Waals surface area contributed by atoms with Crippen LogP contribution in [0.4, 0.5) is 0 Å². The molecule has 0 saturated heterocycles. The molecule has 0 aliphatic carbocycles. The van der Waals surface area contributed by atoms with Crippen molar-refractivity contribution in [3.05, 3.63) is 27.4 Å². The van der Waals surface area contributed by atoms with Crippen molar-refractivity contribution in [3.8, 4) is 0 Å². The van der Waals surface area contributed by atoms with Gasteiger partial charge in [-0.15, -0.1) is 0 Å². The van der Waals surface area contributed by atoms with Gasteiger partial charge in [-0.05, 0) is 19.8 Å². The van der Waals surface area contributed by atoms with Gasteiger partial charge in [0, 0.05) is 24.2 Å². The Morgan fingerprint density at radius 2 is 2.12 bits per heavy atom. The molecule has 4 nitrogen and oxygen atoms in total. The Morgan fingerprint density at radius 3 is 2.81 bits per heavy atom. The fourth-order valence-electron chi connectivity index (χ4n) is 2.17. The molecular formula is C12H16N2O2. The molecule has 0 spiro atoms. The van der Waals surface area contributed by atoms with Gasteiger partial charge in [0.15, 0.2) is 11.6 Å². The lowest BCUT2D eigenvalue weighted by Gasteiger charge is -2.18. The van der Waals surface area contributed by atoms with Gasteiger partial charge in [0.25, 0.3) is 5.56 Å². The second-order valence-corrected chi connectivity index (χ2v) is 4.23. The summed E-state index contributed by atoms with van der Waals surface area (Å²) in [5, 5.41) is 0. The first-order valence-corrected chi connectivity index (χ1v) is 5.78. The van der Waals surface area contributed by atoms with Crippen LogP contribution < -0.4 is 5.56 Å². The number of Topliss-reactive ketones (excluding diaryl/α,β-unsaturated/α-hetero) is 1. The Kier molecular flexibility index (Phi) is 2.90. The zero-order chi connectivity index (χ0) is 11.7. The van der Waals surface area contributed by atoms with Crippen molar-refractivity contribution in [2.24, 2.45) is 0 Å². The first kappa shape index (κ1) is 11.0. The molecule has 2 heterocycles. The van der Waals surface area contributed by atoms with Crippen LogP contribution in [0.15, 0.2) is 4.79 Å². The Bertz CT molecular complexity index is 489. The molecule has 1 aromatic heterocycles. The largest absolute Gasteiger partial charge is 0.291 e. The molecule has 0 aromatic carbocycles. The van der Waals surface area contributed by atoms with Crippen molar-refractivity contribution >= 4 is 5.78 Å². The van der Waals surface area contributed by atoms with Crippen LogP contribution >= 0.6 is 0 Å². The van der Waals surface area contributed by atoms with E-state index in [1.807, 2.05) is 13.8 Å². The lowest BCUT2D eigenvalue weighted by atomic mass is 10.1. The number of carbonyl (C=O) groups excluding carboxylic acids is 1. The number of hydrogen-bond donors (Lipinski definition) is 0. The monoisotopic (exact) mass is 220 g/mol. The van der Waals surface area contributed by atoms with E-state index in [1.54, 1.807) is 4.57 Å².